The molecule has 1 fully saturated rings. The lowest BCUT2D eigenvalue weighted by Gasteiger charge is -2.31. The third-order valence-corrected chi connectivity index (χ3v) is 5.83. The minimum absolute atomic E-state index is 0.386. The molecule has 1 N–H and O–H groups in total. The highest BCUT2D eigenvalue weighted by atomic mass is 16.2. The van der Waals surface area contributed by atoms with Gasteiger partial charge in [-0.25, -0.2) is 0 Å². The topological polar surface area (TPSA) is 67.2 Å². The zero-order valence-electron chi connectivity index (χ0n) is 17.3. The molecule has 3 rings (SSSR count). The van der Waals surface area contributed by atoms with E-state index in [1.54, 1.807) is 25.6 Å². The number of rotatable bonds is 6. The van der Waals surface area contributed by atoms with Crippen LogP contribution in [0.3, 0.4) is 0 Å². The summed E-state index contributed by atoms with van der Waals surface area (Å²) in [6.45, 7) is 4.30. The predicted octanol–water partition coefficient (Wildman–Crippen LogP) is 3.62. The zero-order chi connectivity index (χ0) is 20.3. The number of nitrogens with one attached hydrogen (secondary N) is 1. The fourth-order valence-electron chi connectivity index (χ4n) is 4.09. The Hall–Kier alpha value is -2.47. The number of aryl methyl sites for hydroxylation is 2. The summed E-state index contributed by atoms with van der Waals surface area (Å²) in [6.07, 6.45) is 6.34. The van der Waals surface area contributed by atoms with Crippen molar-refractivity contribution in [1.82, 2.24) is 14.7 Å². The maximum atomic E-state index is 12.7. The second-order valence-electron chi connectivity index (χ2n) is 7.82. The Morgan fingerprint density at radius 3 is 2.50 bits per heavy atom. The number of ketones is 1. The molecule has 1 aromatic carbocycles. The van der Waals surface area contributed by atoms with Crippen LogP contribution in [0.25, 0.3) is 0 Å². The van der Waals surface area contributed by atoms with E-state index in [-0.39, 0.29) is 0 Å². The average molecular weight is 383 g/mol. The van der Waals surface area contributed by atoms with Crippen LogP contribution in [-0.4, -0.2) is 39.5 Å². The first-order chi connectivity index (χ1) is 13.4. The molecule has 0 radical (unpaired) electrons. The van der Waals surface area contributed by atoms with Gasteiger partial charge in [0, 0.05) is 31.0 Å². The molecule has 1 saturated carbocycles. The molecule has 0 atom stereocenters. The van der Waals surface area contributed by atoms with E-state index in [4.69, 9.17) is 0 Å². The number of benzene rings is 1. The van der Waals surface area contributed by atoms with Gasteiger partial charge in [-0.3, -0.25) is 19.2 Å². The molecule has 0 spiro atoms. The second kappa shape index (κ2) is 8.69. The molecule has 0 bridgehead atoms. The fourth-order valence-corrected chi connectivity index (χ4v) is 4.09. The lowest BCUT2D eigenvalue weighted by Crippen LogP contribution is -2.33. The van der Waals surface area contributed by atoms with E-state index >= 15 is 0 Å². The Kier molecular flexibility index (Phi) is 6.29. The van der Waals surface area contributed by atoms with E-state index in [1.807, 2.05) is 24.3 Å². The highest BCUT2D eigenvalue weighted by molar-refractivity contribution is 6.47. The smallest absolute Gasteiger partial charge is 0.296 e. The van der Waals surface area contributed by atoms with Crippen LogP contribution in [0.1, 0.15) is 59.4 Å². The van der Waals surface area contributed by atoms with Crippen molar-refractivity contribution in [2.24, 2.45) is 7.05 Å². The van der Waals surface area contributed by atoms with Gasteiger partial charge in [0.2, 0.25) is 0 Å². The molecule has 1 aliphatic rings. The Bertz CT molecular complexity index is 865. The monoisotopic (exact) mass is 382 g/mol. The number of Topliss-reactive ketones (excluding diaryl/α,β-unsaturated/α-hetero) is 1. The molecule has 28 heavy (non-hydrogen) atoms. The normalized spacial score (nSPS) is 15.0. The number of hydrogen-bond acceptors (Lipinski definition) is 4. The molecule has 2 aromatic rings. The van der Waals surface area contributed by atoms with Crippen molar-refractivity contribution in [3.63, 3.8) is 0 Å². The summed E-state index contributed by atoms with van der Waals surface area (Å²) in [6, 6.07) is 8.31. The summed E-state index contributed by atoms with van der Waals surface area (Å²) in [7, 11) is 3.91. The molecular weight excluding hydrogens is 352 g/mol. The molecular formula is C22H30N4O2. The van der Waals surface area contributed by atoms with Crippen LogP contribution in [0.2, 0.25) is 0 Å². The number of aromatic nitrogens is 2. The van der Waals surface area contributed by atoms with Crippen LogP contribution >= 0.6 is 0 Å². The van der Waals surface area contributed by atoms with Crippen molar-refractivity contribution in [3.8, 4) is 0 Å². The number of amides is 1. The third-order valence-electron chi connectivity index (χ3n) is 5.83. The molecule has 1 heterocycles. The summed E-state index contributed by atoms with van der Waals surface area (Å²) in [5, 5.41) is 7.07. The van der Waals surface area contributed by atoms with Crippen LogP contribution in [0.5, 0.6) is 0 Å². The van der Waals surface area contributed by atoms with Crippen LogP contribution in [0.15, 0.2) is 24.3 Å². The highest BCUT2D eigenvalue weighted by Gasteiger charge is 2.25. The number of para-hydroxylation sites is 1. The minimum atomic E-state index is -0.619. The van der Waals surface area contributed by atoms with Crippen molar-refractivity contribution in [2.45, 2.75) is 58.5 Å². The van der Waals surface area contributed by atoms with E-state index in [0.717, 1.165) is 12.1 Å². The summed E-state index contributed by atoms with van der Waals surface area (Å²) >= 11 is 0. The summed E-state index contributed by atoms with van der Waals surface area (Å²) in [5.41, 5.74) is 3.38. The van der Waals surface area contributed by atoms with Gasteiger partial charge in [0.25, 0.3) is 11.7 Å². The first-order valence-corrected chi connectivity index (χ1v) is 10.0. The van der Waals surface area contributed by atoms with Crippen LogP contribution in [-0.2, 0) is 18.4 Å². The van der Waals surface area contributed by atoms with E-state index in [2.05, 4.69) is 22.4 Å². The molecule has 0 unspecified atom stereocenters. The van der Waals surface area contributed by atoms with Crippen molar-refractivity contribution in [2.75, 3.05) is 12.4 Å². The lowest BCUT2D eigenvalue weighted by atomic mass is 9.94. The summed E-state index contributed by atoms with van der Waals surface area (Å²) in [5.74, 6) is -1.16. The number of carbonyl (C=O) groups is 2. The molecule has 6 heteroatoms. The molecule has 0 aliphatic heterocycles. The van der Waals surface area contributed by atoms with Gasteiger partial charge in [-0.2, -0.15) is 5.10 Å². The molecule has 150 valence electrons. The van der Waals surface area contributed by atoms with Crippen LogP contribution in [0, 0.1) is 13.8 Å². The van der Waals surface area contributed by atoms with Gasteiger partial charge < -0.3 is 5.32 Å². The zero-order valence-corrected chi connectivity index (χ0v) is 17.3. The first-order valence-electron chi connectivity index (χ1n) is 10.0. The van der Waals surface area contributed by atoms with E-state index in [0.29, 0.717) is 28.7 Å². The van der Waals surface area contributed by atoms with Gasteiger partial charge in [-0.05, 0) is 45.4 Å². The Morgan fingerprint density at radius 1 is 1.18 bits per heavy atom. The summed E-state index contributed by atoms with van der Waals surface area (Å²) in [4.78, 5) is 27.7. The second-order valence-corrected chi connectivity index (χ2v) is 7.82. The van der Waals surface area contributed by atoms with Gasteiger partial charge in [-0.15, -0.1) is 0 Å². The minimum Gasteiger partial charge on any atom is -0.319 e. The lowest BCUT2D eigenvalue weighted by molar-refractivity contribution is -0.112. The Labute approximate surface area is 166 Å². The largest absolute Gasteiger partial charge is 0.319 e. The standard InChI is InChI=1S/C22H30N4O2/c1-15-20(16(2)26(4)24-15)21(27)22(28)23-19-13-9-8-10-17(19)14-25(3)18-11-6-5-7-12-18/h8-10,13,18H,5-7,11-12,14H2,1-4H3,(H,23,28). The van der Waals surface area contributed by atoms with Crippen molar-refractivity contribution in [3.05, 3.63) is 46.8 Å². The maximum absolute atomic E-state index is 12.7. The maximum Gasteiger partial charge on any atom is 0.296 e. The molecule has 0 saturated heterocycles. The van der Waals surface area contributed by atoms with Gasteiger partial charge in [0.1, 0.15) is 0 Å². The predicted molar refractivity (Wildman–Crippen MR) is 110 cm³/mol. The quantitative estimate of drug-likeness (QED) is 0.612. The summed E-state index contributed by atoms with van der Waals surface area (Å²) < 4.78 is 1.63. The van der Waals surface area contributed by atoms with Gasteiger partial charge >= 0.3 is 0 Å². The van der Waals surface area contributed by atoms with E-state index in [9.17, 15) is 9.59 Å². The Morgan fingerprint density at radius 2 is 1.86 bits per heavy atom. The molecule has 1 amide bonds. The molecule has 1 aromatic heterocycles. The third kappa shape index (κ3) is 4.33. The molecule has 6 nitrogen and oxygen atoms in total. The highest BCUT2D eigenvalue weighted by Crippen LogP contribution is 2.25. The van der Waals surface area contributed by atoms with Crippen LogP contribution < -0.4 is 5.32 Å². The van der Waals surface area contributed by atoms with Crippen molar-refractivity contribution >= 4 is 17.4 Å². The van der Waals surface area contributed by atoms with Gasteiger partial charge in [0.05, 0.1) is 11.3 Å². The van der Waals surface area contributed by atoms with Gasteiger partial charge in [-0.1, -0.05) is 37.5 Å². The van der Waals surface area contributed by atoms with Crippen molar-refractivity contribution in [1.29, 1.82) is 0 Å². The van der Waals surface area contributed by atoms with E-state index in [1.165, 1.54) is 32.1 Å². The number of carbonyl (C=O) groups excluding carboxylic acids is 2. The average Bonchev–Trinajstić information content (AvgIpc) is 2.95. The van der Waals surface area contributed by atoms with Crippen molar-refractivity contribution < 1.29 is 9.59 Å². The first kappa shape index (κ1) is 20.3. The number of anilines is 1. The molecule has 1 aliphatic carbocycles. The SMILES string of the molecule is Cc1nn(C)c(C)c1C(=O)C(=O)Nc1ccccc1CN(C)C1CCCCC1. The Balaban J connectivity index is 1.73. The number of nitrogens with zero attached hydrogens (tertiary/aromatic N) is 3. The van der Waals surface area contributed by atoms with Gasteiger partial charge in [0.15, 0.2) is 0 Å². The van der Waals surface area contributed by atoms with E-state index < -0.39 is 11.7 Å². The number of hydrogen-bond donors (Lipinski definition) is 1. The fraction of sp³-hybridized carbons (Fsp3) is 0.500. The van der Waals surface area contributed by atoms with Crippen LogP contribution in [0.4, 0.5) is 5.69 Å².